The van der Waals surface area contributed by atoms with E-state index < -0.39 is 5.97 Å². The van der Waals surface area contributed by atoms with E-state index in [-0.39, 0.29) is 18.8 Å². The second kappa shape index (κ2) is 7.11. The average Bonchev–Trinajstić information content (AvgIpc) is 2.28. The number of aliphatic hydroxyl groups is 1. The molecule has 6 heteroatoms. The lowest BCUT2D eigenvalue weighted by molar-refractivity contribution is 0.0697. The van der Waals surface area contributed by atoms with Crippen LogP contribution in [0.4, 0.5) is 5.69 Å². The van der Waals surface area contributed by atoms with Crippen molar-refractivity contribution in [2.75, 3.05) is 31.7 Å². The number of carboxylic acids is 1. The first-order valence-electron chi connectivity index (χ1n) is 5.10. The van der Waals surface area contributed by atoms with Gasteiger partial charge in [-0.1, -0.05) is 11.6 Å². The molecule has 0 amide bonds. The zero-order valence-corrected chi connectivity index (χ0v) is 9.91. The molecule has 94 valence electrons. The van der Waals surface area contributed by atoms with Crippen LogP contribution in [0.15, 0.2) is 18.2 Å². The van der Waals surface area contributed by atoms with Crippen LogP contribution in [0.5, 0.6) is 0 Å². The minimum absolute atomic E-state index is 0.0302. The van der Waals surface area contributed by atoms with Gasteiger partial charge >= 0.3 is 5.97 Å². The zero-order chi connectivity index (χ0) is 12.7. The van der Waals surface area contributed by atoms with Gasteiger partial charge in [0.1, 0.15) is 0 Å². The van der Waals surface area contributed by atoms with Gasteiger partial charge in [-0.25, -0.2) is 4.79 Å². The molecule has 0 aromatic heterocycles. The molecule has 0 radical (unpaired) electrons. The smallest absolute Gasteiger partial charge is 0.337 e. The number of benzene rings is 1. The maximum atomic E-state index is 10.9. The highest BCUT2D eigenvalue weighted by Crippen LogP contribution is 2.20. The Balaban J connectivity index is 2.56. The highest BCUT2D eigenvalue weighted by Gasteiger charge is 2.09. The van der Waals surface area contributed by atoms with Crippen LogP contribution < -0.4 is 5.32 Å². The number of aliphatic hydroxyl groups excluding tert-OH is 1. The van der Waals surface area contributed by atoms with Crippen molar-refractivity contribution in [3.05, 3.63) is 28.8 Å². The molecule has 17 heavy (non-hydrogen) atoms. The number of rotatable bonds is 7. The van der Waals surface area contributed by atoms with E-state index in [1.165, 1.54) is 12.1 Å². The highest BCUT2D eigenvalue weighted by molar-refractivity contribution is 6.31. The Kier molecular flexibility index (Phi) is 5.76. The van der Waals surface area contributed by atoms with Crippen LogP contribution in [0.25, 0.3) is 0 Å². The van der Waals surface area contributed by atoms with Gasteiger partial charge in [-0.05, 0) is 18.2 Å². The summed E-state index contributed by atoms with van der Waals surface area (Å²) in [6.07, 6.45) is 0. The number of nitrogens with one attached hydrogen (secondary N) is 1. The molecular weight excluding hydrogens is 246 g/mol. The Hall–Kier alpha value is -1.30. The third-order valence-electron chi connectivity index (χ3n) is 2.01. The molecule has 0 bridgehead atoms. The Bertz CT molecular complexity index is 384. The van der Waals surface area contributed by atoms with Crippen molar-refractivity contribution in [1.82, 2.24) is 0 Å². The molecule has 0 aliphatic heterocycles. The van der Waals surface area contributed by atoms with Crippen LogP contribution in [0, 0.1) is 0 Å². The number of hydrogen-bond acceptors (Lipinski definition) is 4. The van der Waals surface area contributed by atoms with Gasteiger partial charge in [0.25, 0.3) is 0 Å². The highest BCUT2D eigenvalue weighted by atomic mass is 35.5. The molecule has 1 rings (SSSR count). The van der Waals surface area contributed by atoms with Crippen LogP contribution >= 0.6 is 11.6 Å². The fourth-order valence-electron chi connectivity index (χ4n) is 1.27. The summed E-state index contributed by atoms with van der Waals surface area (Å²) in [5.74, 6) is -1.01. The molecule has 0 atom stereocenters. The standard InChI is InChI=1S/C11H14ClNO4/c12-8-1-2-9(11(15)16)10(7-8)13-3-5-17-6-4-14/h1-2,7,13-14H,3-6H2,(H,15,16). The molecule has 0 heterocycles. The van der Waals surface area contributed by atoms with Crippen molar-refractivity contribution in [1.29, 1.82) is 0 Å². The topological polar surface area (TPSA) is 78.8 Å². The van der Waals surface area contributed by atoms with Crippen molar-refractivity contribution in [2.45, 2.75) is 0 Å². The van der Waals surface area contributed by atoms with Gasteiger partial charge < -0.3 is 20.3 Å². The average molecular weight is 260 g/mol. The zero-order valence-electron chi connectivity index (χ0n) is 9.15. The summed E-state index contributed by atoms with van der Waals surface area (Å²) in [5, 5.41) is 20.8. The summed E-state index contributed by atoms with van der Waals surface area (Å²) in [7, 11) is 0. The van der Waals surface area contributed by atoms with Crippen molar-refractivity contribution in [3.8, 4) is 0 Å². The van der Waals surface area contributed by atoms with Crippen molar-refractivity contribution >= 4 is 23.3 Å². The molecule has 1 aromatic rings. The Morgan fingerprint density at radius 2 is 2.18 bits per heavy atom. The SMILES string of the molecule is O=C(O)c1ccc(Cl)cc1NCCOCCO. The molecule has 0 saturated heterocycles. The number of carboxylic acid groups (broad SMARTS) is 1. The van der Waals surface area contributed by atoms with Crippen molar-refractivity contribution in [2.24, 2.45) is 0 Å². The fourth-order valence-corrected chi connectivity index (χ4v) is 1.45. The molecule has 0 unspecified atom stereocenters. The fraction of sp³-hybridized carbons (Fsp3) is 0.364. The molecule has 0 saturated carbocycles. The van der Waals surface area contributed by atoms with E-state index in [1.807, 2.05) is 0 Å². The van der Waals surface area contributed by atoms with Gasteiger partial charge in [0.15, 0.2) is 0 Å². The maximum absolute atomic E-state index is 10.9. The van der Waals surface area contributed by atoms with Crippen LogP contribution in [0.1, 0.15) is 10.4 Å². The summed E-state index contributed by atoms with van der Waals surface area (Å²) >= 11 is 5.79. The second-order valence-electron chi connectivity index (χ2n) is 3.26. The number of hydrogen-bond donors (Lipinski definition) is 3. The van der Waals surface area contributed by atoms with E-state index >= 15 is 0 Å². The van der Waals surface area contributed by atoms with E-state index in [2.05, 4.69) is 5.32 Å². The molecule has 1 aromatic carbocycles. The molecule has 0 fully saturated rings. The van der Waals surface area contributed by atoms with Crippen LogP contribution in [0.3, 0.4) is 0 Å². The van der Waals surface area contributed by atoms with E-state index in [4.69, 9.17) is 26.6 Å². The second-order valence-corrected chi connectivity index (χ2v) is 3.69. The van der Waals surface area contributed by atoms with Gasteiger partial charge in [-0.2, -0.15) is 0 Å². The summed E-state index contributed by atoms with van der Waals surface area (Å²) in [6, 6.07) is 4.52. The Labute approximate surface area is 104 Å². The predicted octanol–water partition coefficient (Wildman–Crippen LogP) is 1.46. The van der Waals surface area contributed by atoms with E-state index in [9.17, 15) is 4.79 Å². The third kappa shape index (κ3) is 4.60. The van der Waals surface area contributed by atoms with Gasteiger partial charge in [0.2, 0.25) is 0 Å². The minimum Gasteiger partial charge on any atom is -0.478 e. The number of aromatic carboxylic acids is 1. The van der Waals surface area contributed by atoms with Crippen molar-refractivity contribution in [3.63, 3.8) is 0 Å². The lowest BCUT2D eigenvalue weighted by Crippen LogP contribution is -2.13. The molecule has 0 aliphatic carbocycles. The minimum atomic E-state index is -1.01. The normalized spacial score (nSPS) is 10.2. The first kappa shape index (κ1) is 13.8. The monoisotopic (exact) mass is 259 g/mol. The van der Waals surface area contributed by atoms with E-state index in [1.54, 1.807) is 6.07 Å². The summed E-state index contributed by atoms with van der Waals surface area (Å²) < 4.78 is 5.04. The molecular formula is C11H14ClNO4. The number of halogens is 1. The first-order valence-corrected chi connectivity index (χ1v) is 5.48. The number of ether oxygens (including phenoxy) is 1. The first-order chi connectivity index (χ1) is 8.15. The number of carbonyl (C=O) groups is 1. The largest absolute Gasteiger partial charge is 0.478 e. The predicted molar refractivity (Wildman–Crippen MR) is 64.8 cm³/mol. The number of anilines is 1. The van der Waals surface area contributed by atoms with E-state index in [0.717, 1.165) is 0 Å². The van der Waals surface area contributed by atoms with Gasteiger partial charge in [-0.15, -0.1) is 0 Å². The lowest BCUT2D eigenvalue weighted by atomic mass is 10.2. The Morgan fingerprint density at radius 1 is 1.41 bits per heavy atom. The Morgan fingerprint density at radius 3 is 2.82 bits per heavy atom. The molecule has 3 N–H and O–H groups in total. The van der Waals surface area contributed by atoms with Gasteiger partial charge in [-0.3, -0.25) is 0 Å². The van der Waals surface area contributed by atoms with Gasteiger partial charge in [0, 0.05) is 11.6 Å². The van der Waals surface area contributed by atoms with Crippen LogP contribution in [0.2, 0.25) is 5.02 Å². The summed E-state index contributed by atoms with van der Waals surface area (Å²) in [4.78, 5) is 10.9. The summed E-state index contributed by atoms with van der Waals surface area (Å²) in [5.41, 5.74) is 0.620. The van der Waals surface area contributed by atoms with Crippen LogP contribution in [-0.4, -0.2) is 42.5 Å². The van der Waals surface area contributed by atoms with Crippen molar-refractivity contribution < 1.29 is 19.7 Å². The lowest BCUT2D eigenvalue weighted by Gasteiger charge is -2.10. The quantitative estimate of drug-likeness (QED) is 0.646. The molecule has 0 spiro atoms. The third-order valence-corrected chi connectivity index (χ3v) is 2.24. The molecule has 0 aliphatic rings. The summed E-state index contributed by atoms with van der Waals surface area (Å²) in [6.45, 7) is 1.06. The van der Waals surface area contributed by atoms with Crippen LogP contribution in [-0.2, 0) is 4.74 Å². The maximum Gasteiger partial charge on any atom is 0.337 e. The van der Waals surface area contributed by atoms with E-state index in [0.29, 0.717) is 23.9 Å². The van der Waals surface area contributed by atoms with Gasteiger partial charge in [0.05, 0.1) is 31.1 Å². The molecule has 5 nitrogen and oxygen atoms in total.